The van der Waals surface area contributed by atoms with Gasteiger partial charge in [0, 0.05) is 50.3 Å². The van der Waals surface area contributed by atoms with Gasteiger partial charge < -0.3 is 19.1 Å². The molecule has 9 nitrogen and oxygen atoms in total. The molecular weight excluding hydrogens is 458 g/mol. The molecule has 0 spiro atoms. The van der Waals surface area contributed by atoms with Crippen LogP contribution in [0.25, 0.3) is 0 Å². The van der Waals surface area contributed by atoms with Crippen molar-refractivity contribution >= 4 is 21.8 Å². The molecule has 2 fully saturated rings. The Labute approximate surface area is 190 Å². The van der Waals surface area contributed by atoms with E-state index in [1.807, 2.05) is 18.7 Å². The first kappa shape index (κ1) is 23.4. The molecule has 1 aromatic carbocycles. The number of ether oxygens (including phenoxy) is 1. The molecule has 0 bridgehead atoms. The van der Waals surface area contributed by atoms with Crippen LogP contribution in [0.15, 0.2) is 21.6 Å². The predicted octanol–water partition coefficient (Wildman–Crippen LogP) is 2.52. The Bertz CT molecular complexity index is 1150. The first-order chi connectivity index (χ1) is 15.5. The van der Waals surface area contributed by atoms with Crippen LogP contribution in [0.2, 0.25) is 0 Å². The monoisotopic (exact) mass is 484 g/mol. The van der Waals surface area contributed by atoms with Crippen LogP contribution >= 0.6 is 0 Å². The van der Waals surface area contributed by atoms with Crippen molar-refractivity contribution < 1.29 is 31.3 Å². The van der Waals surface area contributed by atoms with E-state index in [0.717, 1.165) is 6.26 Å². The first-order valence-corrected chi connectivity index (χ1v) is 12.7. The molecule has 3 heterocycles. The van der Waals surface area contributed by atoms with Crippen LogP contribution in [-0.2, 0) is 14.6 Å². The number of aromatic nitrogens is 2. The molecule has 12 heteroatoms. The van der Waals surface area contributed by atoms with E-state index < -0.39 is 38.2 Å². The minimum absolute atomic E-state index is 0.0102. The number of sulfone groups is 1. The van der Waals surface area contributed by atoms with E-state index in [1.165, 1.54) is 0 Å². The highest BCUT2D eigenvalue weighted by atomic mass is 32.2. The van der Waals surface area contributed by atoms with Gasteiger partial charge in [-0.1, -0.05) is 19.0 Å². The van der Waals surface area contributed by atoms with E-state index in [2.05, 4.69) is 10.1 Å². The molecule has 33 heavy (non-hydrogen) atoms. The molecule has 2 aliphatic rings. The molecule has 1 aromatic heterocycles. The van der Waals surface area contributed by atoms with Crippen LogP contribution in [0.4, 0.5) is 14.8 Å². The number of carbonyl (C=O) groups excluding carboxylic acids is 1. The van der Waals surface area contributed by atoms with Gasteiger partial charge in [0.15, 0.2) is 33.3 Å². The molecule has 0 aliphatic carbocycles. The van der Waals surface area contributed by atoms with Crippen molar-refractivity contribution in [3.8, 4) is 5.75 Å². The van der Waals surface area contributed by atoms with Gasteiger partial charge in [-0.3, -0.25) is 4.79 Å². The lowest BCUT2D eigenvalue weighted by atomic mass is 10.0. The van der Waals surface area contributed by atoms with Crippen molar-refractivity contribution in [3.63, 3.8) is 0 Å². The lowest BCUT2D eigenvalue weighted by Crippen LogP contribution is -2.47. The molecular formula is C21H26F2N4O5S. The molecule has 2 aromatic rings. The molecule has 1 unspecified atom stereocenters. The Morgan fingerprint density at radius 2 is 1.82 bits per heavy atom. The number of likely N-dealkylation sites (tertiary alicyclic amines) is 1. The maximum Gasteiger partial charge on any atom is 0.324 e. The van der Waals surface area contributed by atoms with Crippen molar-refractivity contribution in [1.29, 1.82) is 0 Å². The summed E-state index contributed by atoms with van der Waals surface area (Å²) in [6.07, 6.45) is 1.56. The Morgan fingerprint density at radius 3 is 2.42 bits per heavy atom. The highest BCUT2D eigenvalue weighted by Crippen LogP contribution is 2.30. The summed E-state index contributed by atoms with van der Waals surface area (Å²) in [6, 6.07) is 1.72. The highest BCUT2D eigenvalue weighted by molar-refractivity contribution is 7.90. The molecule has 180 valence electrons. The third-order valence-corrected chi connectivity index (χ3v) is 7.08. The number of amides is 1. The van der Waals surface area contributed by atoms with Crippen LogP contribution < -0.4 is 9.64 Å². The SMILES string of the molecule is CC(C)c1noc(N2CCC(N3CCC(Oc4cc(F)c(S(C)(=O)=O)cc4F)C3=O)CC2)n1. The lowest BCUT2D eigenvalue weighted by Gasteiger charge is -2.35. The van der Waals surface area contributed by atoms with Crippen molar-refractivity contribution in [1.82, 2.24) is 15.0 Å². The molecule has 0 saturated carbocycles. The van der Waals surface area contributed by atoms with Crippen LogP contribution in [0.5, 0.6) is 5.75 Å². The Balaban J connectivity index is 1.37. The van der Waals surface area contributed by atoms with Gasteiger partial charge in [0.25, 0.3) is 5.91 Å². The van der Waals surface area contributed by atoms with Crippen molar-refractivity contribution in [2.24, 2.45) is 0 Å². The lowest BCUT2D eigenvalue weighted by molar-refractivity contribution is -0.135. The normalized spacial score (nSPS) is 20.2. The van der Waals surface area contributed by atoms with Gasteiger partial charge in [-0.15, -0.1) is 0 Å². The smallest absolute Gasteiger partial charge is 0.324 e. The number of benzene rings is 1. The van der Waals surface area contributed by atoms with Gasteiger partial charge in [-0.25, -0.2) is 17.2 Å². The summed E-state index contributed by atoms with van der Waals surface area (Å²) in [5.41, 5.74) is 0. The maximum absolute atomic E-state index is 14.3. The number of hydrogen-bond donors (Lipinski definition) is 0. The molecule has 4 rings (SSSR count). The second-order valence-corrected chi connectivity index (χ2v) is 10.7. The second kappa shape index (κ2) is 8.88. The van der Waals surface area contributed by atoms with Gasteiger partial charge in [-0.2, -0.15) is 4.98 Å². The third kappa shape index (κ3) is 4.80. The maximum atomic E-state index is 14.3. The van der Waals surface area contributed by atoms with Crippen LogP contribution in [0.1, 0.15) is 44.9 Å². The average molecular weight is 485 g/mol. The minimum Gasteiger partial charge on any atom is -0.477 e. The number of rotatable bonds is 6. The zero-order valence-electron chi connectivity index (χ0n) is 18.6. The summed E-state index contributed by atoms with van der Waals surface area (Å²) in [5, 5.41) is 3.98. The second-order valence-electron chi connectivity index (χ2n) is 8.72. The molecule has 2 aliphatic heterocycles. The number of halogens is 2. The molecule has 2 saturated heterocycles. The van der Waals surface area contributed by atoms with Crippen molar-refractivity contribution in [3.05, 3.63) is 29.6 Å². The topological polar surface area (TPSA) is 106 Å². The number of carbonyl (C=O) groups is 1. The largest absolute Gasteiger partial charge is 0.477 e. The van der Waals surface area contributed by atoms with Gasteiger partial charge in [0.1, 0.15) is 10.7 Å². The molecule has 1 amide bonds. The zero-order chi connectivity index (χ0) is 23.9. The molecule has 0 radical (unpaired) electrons. The minimum atomic E-state index is -3.93. The number of nitrogens with zero attached hydrogens (tertiary/aromatic N) is 4. The van der Waals surface area contributed by atoms with Crippen molar-refractivity contribution in [2.45, 2.75) is 56.1 Å². The fourth-order valence-electron chi connectivity index (χ4n) is 4.14. The fourth-order valence-corrected chi connectivity index (χ4v) is 4.87. The third-order valence-electron chi connectivity index (χ3n) is 5.97. The zero-order valence-corrected chi connectivity index (χ0v) is 19.4. The predicted molar refractivity (Wildman–Crippen MR) is 114 cm³/mol. The molecule has 1 atom stereocenters. The van der Waals surface area contributed by atoms with Gasteiger partial charge in [0.05, 0.1) is 0 Å². The van der Waals surface area contributed by atoms with Gasteiger partial charge in [-0.05, 0) is 18.9 Å². The summed E-state index contributed by atoms with van der Waals surface area (Å²) >= 11 is 0. The van der Waals surface area contributed by atoms with Crippen molar-refractivity contribution in [2.75, 3.05) is 30.8 Å². The standard InChI is InChI=1S/C21H26F2N4O5S/c1-12(2)19-24-21(32-25-19)26-7-4-13(5-8-26)27-9-6-16(20(27)28)31-17-10-15(23)18(11-14(17)22)33(3,29)30/h10-13,16H,4-9H2,1-3H3. The highest BCUT2D eigenvalue weighted by Gasteiger charge is 2.39. The van der Waals surface area contributed by atoms with E-state index in [0.29, 0.717) is 62.9 Å². The van der Waals surface area contributed by atoms with Crippen LogP contribution in [0, 0.1) is 11.6 Å². The average Bonchev–Trinajstić information content (AvgIpc) is 3.38. The number of hydrogen-bond acceptors (Lipinski definition) is 8. The fraction of sp³-hybridized carbons (Fsp3) is 0.571. The summed E-state index contributed by atoms with van der Waals surface area (Å²) in [6.45, 7) is 5.70. The van der Waals surface area contributed by atoms with Gasteiger partial charge >= 0.3 is 6.01 Å². The van der Waals surface area contributed by atoms with E-state index >= 15 is 0 Å². The molecule has 0 N–H and O–H groups in total. The number of piperidine rings is 1. The summed E-state index contributed by atoms with van der Waals surface area (Å²) in [7, 11) is -3.93. The van der Waals surface area contributed by atoms with E-state index in [-0.39, 0.29) is 17.9 Å². The van der Waals surface area contributed by atoms with Crippen LogP contribution in [-0.4, -0.2) is 67.4 Å². The summed E-state index contributed by atoms with van der Waals surface area (Å²) in [4.78, 5) is 20.3. The Kier molecular flexibility index (Phi) is 6.30. The Hall–Kier alpha value is -2.76. The Morgan fingerprint density at radius 1 is 1.12 bits per heavy atom. The quantitative estimate of drug-likeness (QED) is 0.616. The first-order valence-electron chi connectivity index (χ1n) is 10.8. The number of anilines is 1. The van der Waals surface area contributed by atoms with E-state index in [4.69, 9.17) is 9.26 Å². The van der Waals surface area contributed by atoms with E-state index in [1.54, 1.807) is 4.90 Å². The summed E-state index contributed by atoms with van der Waals surface area (Å²) < 4.78 is 62.4. The summed E-state index contributed by atoms with van der Waals surface area (Å²) in [5.74, 6) is -2.11. The van der Waals surface area contributed by atoms with Crippen LogP contribution in [0.3, 0.4) is 0 Å². The van der Waals surface area contributed by atoms with Gasteiger partial charge in [0.2, 0.25) is 0 Å². The van der Waals surface area contributed by atoms with E-state index in [9.17, 15) is 22.0 Å².